The Morgan fingerprint density at radius 1 is 1.35 bits per heavy atom. The van der Waals surface area contributed by atoms with Gasteiger partial charge in [-0.3, -0.25) is 0 Å². The fraction of sp³-hybridized carbons (Fsp3) is 0.833. The van der Waals surface area contributed by atoms with Gasteiger partial charge >= 0.3 is 12.0 Å². The second-order valence-electron chi connectivity index (χ2n) is 5.85. The number of aliphatic carboxylic acids is 1. The first-order valence-electron chi connectivity index (χ1n) is 6.01. The van der Waals surface area contributed by atoms with E-state index < -0.39 is 12.0 Å². The van der Waals surface area contributed by atoms with Crippen molar-refractivity contribution in [3.63, 3.8) is 0 Å². The molecule has 0 aromatic heterocycles. The van der Waals surface area contributed by atoms with E-state index in [1.165, 1.54) is 0 Å². The van der Waals surface area contributed by atoms with Crippen molar-refractivity contribution in [1.29, 1.82) is 0 Å². The maximum Gasteiger partial charge on any atom is 0.326 e. The van der Waals surface area contributed by atoms with Gasteiger partial charge < -0.3 is 15.3 Å². The van der Waals surface area contributed by atoms with Crippen molar-refractivity contribution in [1.82, 2.24) is 10.2 Å². The average Bonchev–Trinajstić information content (AvgIpc) is 2.53. The summed E-state index contributed by atoms with van der Waals surface area (Å²) in [6.45, 7) is 9.17. The van der Waals surface area contributed by atoms with Crippen molar-refractivity contribution < 1.29 is 14.7 Å². The van der Waals surface area contributed by atoms with Gasteiger partial charge in [0.05, 0.1) is 0 Å². The van der Waals surface area contributed by atoms with Crippen LogP contribution in [0.1, 0.15) is 34.1 Å². The molecule has 5 heteroatoms. The van der Waals surface area contributed by atoms with E-state index in [2.05, 4.69) is 19.2 Å². The van der Waals surface area contributed by atoms with E-state index in [9.17, 15) is 9.59 Å². The molecule has 1 aliphatic rings. The summed E-state index contributed by atoms with van der Waals surface area (Å²) >= 11 is 0. The van der Waals surface area contributed by atoms with Gasteiger partial charge in [-0.05, 0) is 17.8 Å². The van der Waals surface area contributed by atoms with E-state index in [1.807, 2.05) is 0 Å². The molecule has 98 valence electrons. The molecule has 1 saturated heterocycles. The van der Waals surface area contributed by atoms with Gasteiger partial charge in [0.1, 0.15) is 6.04 Å². The molecule has 0 saturated carbocycles. The number of amides is 2. The van der Waals surface area contributed by atoms with Crippen molar-refractivity contribution in [2.45, 2.75) is 40.2 Å². The second kappa shape index (κ2) is 4.94. The van der Waals surface area contributed by atoms with E-state index in [0.29, 0.717) is 13.1 Å². The highest BCUT2D eigenvalue weighted by atomic mass is 16.4. The summed E-state index contributed by atoms with van der Waals surface area (Å²) in [6, 6.07) is -1.08. The van der Waals surface area contributed by atoms with Gasteiger partial charge in [-0.25, -0.2) is 9.59 Å². The number of hydrogen-bond donors (Lipinski definition) is 2. The zero-order valence-electron chi connectivity index (χ0n) is 11.0. The molecule has 1 aliphatic heterocycles. The highest BCUT2D eigenvalue weighted by molar-refractivity contribution is 5.82. The Balaban J connectivity index is 2.57. The number of likely N-dealkylation sites (tertiary alicyclic amines) is 1. The van der Waals surface area contributed by atoms with Gasteiger partial charge in [0.15, 0.2) is 0 Å². The lowest BCUT2D eigenvalue weighted by atomic mass is 9.93. The Morgan fingerprint density at radius 2 is 1.94 bits per heavy atom. The van der Waals surface area contributed by atoms with Crippen molar-refractivity contribution in [3.8, 4) is 0 Å². The minimum absolute atomic E-state index is 0.118. The predicted molar refractivity (Wildman–Crippen MR) is 64.8 cm³/mol. The Labute approximate surface area is 102 Å². The molecular weight excluding hydrogens is 220 g/mol. The SMILES string of the molecule is CC(C)[C@H](NC(=O)N1CCC(C)(C)C1)C(=O)O. The van der Waals surface area contributed by atoms with Crippen LogP contribution in [0.2, 0.25) is 0 Å². The number of urea groups is 1. The minimum atomic E-state index is -0.980. The number of carbonyl (C=O) groups is 2. The lowest BCUT2D eigenvalue weighted by molar-refractivity contribution is -0.140. The Morgan fingerprint density at radius 3 is 2.29 bits per heavy atom. The molecule has 0 aromatic carbocycles. The maximum absolute atomic E-state index is 11.9. The van der Waals surface area contributed by atoms with Crippen LogP contribution in [0.3, 0.4) is 0 Å². The van der Waals surface area contributed by atoms with E-state index in [1.54, 1.807) is 18.7 Å². The van der Waals surface area contributed by atoms with E-state index in [0.717, 1.165) is 6.42 Å². The summed E-state index contributed by atoms with van der Waals surface area (Å²) in [6.07, 6.45) is 0.958. The van der Waals surface area contributed by atoms with Crippen LogP contribution in [0, 0.1) is 11.3 Å². The largest absolute Gasteiger partial charge is 0.480 e. The van der Waals surface area contributed by atoms with E-state index >= 15 is 0 Å². The third-order valence-electron chi connectivity index (χ3n) is 3.18. The van der Waals surface area contributed by atoms with Crippen LogP contribution >= 0.6 is 0 Å². The van der Waals surface area contributed by atoms with Crippen LogP contribution < -0.4 is 5.32 Å². The normalized spacial score (nSPS) is 20.4. The summed E-state index contributed by atoms with van der Waals surface area (Å²) in [5, 5.41) is 11.6. The molecule has 0 radical (unpaired) electrons. The summed E-state index contributed by atoms with van der Waals surface area (Å²) in [4.78, 5) is 24.6. The predicted octanol–water partition coefficient (Wildman–Crippen LogP) is 1.54. The van der Waals surface area contributed by atoms with Gasteiger partial charge in [0.25, 0.3) is 0 Å². The molecule has 2 N–H and O–H groups in total. The fourth-order valence-electron chi connectivity index (χ4n) is 2.02. The first-order valence-corrected chi connectivity index (χ1v) is 6.01. The smallest absolute Gasteiger partial charge is 0.326 e. The highest BCUT2D eigenvalue weighted by Crippen LogP contribution is 2.28. The number of nitrogens with one attached hydrogen (secondary N) is 1. The second-order valence-corrected chi connectivity index (χ2v) is 5.85. The first kappa shape index (κ1) is 13.8. The lowest BCUT2D eigenvalue weighted by Crippen LogP contribution is -2.49. The third-order valence-corrected chi connectivity index (χ3v) is 3.18. The topological polar surface area (TPSA) is 69.6 Å². The van der Waals surface area contributed by atoms with Crippen LogP contribution in [0.15, 0.2) is 0 Å². The molecule has 0 aliphatic carbocycles. The molecule has 0 aromatic rings. The average molecular weight is 242 g/mol. The summed E-state index contributed by atoms with van der Waals surface area (Å²) in [5.74, 6) is -1.10. The third kappa shape index (κ3) is 3.61. The van der Waals surface area contributed by atoms with Gasteiger partial charge in [0.2, 0.25) is 0 Å². The summed E-state index contributed by atoms with van der Waals surface area (Å²) in [5.41, 5.74) is 0.133. The lowest BCUT2D eigenvalue weighted by Gasteiger charge is -2.24. The van der Waals surface area contributed by atoms with Gasteiger partial charge in [0, 0.05) is 13.1 Å². The van der Waals surface area contributed by atoms with E-state index in [4.69, 9.17) is 5.11 Å². The van der Waals surface area contributed by atoms with Crippen LogP contribution in [-0.2, 0) is 4.79 Å². The molecule has 5 nitrogen and oxygen atoms in total. The Bertz CT molecular complexity index is 313. The summed E-state index contributed by atoms with van der Waals surface area (Å²) < 4.78 is 0. The Kier molecular flexibility index (Phi) is 4.01. The van der Waals surface area contributed by atoms with Crippen LogP contribution in [-0.4, -0.2) is 41.1 Å². The van der Waals surface area contributed by atoms with E-state index in [-0.39, 0.29) is 17.4 Å². The number of hydrogen-bond acceptors (Lipinski definition) is 2. The van der Waals surface area contributed by atoms with Gasteiger partial charge in [-0.15, -0.1) is 0 Å². The quantitative estimate of drug-likeness (QED) is 0.788. The minimum Gasteiger partial charge on any atom is -0.480 e. The first-order chi connectivity index (χ1) is 7.73. The molecule has 1 heterocycles. The molecule has 0 unspecified atom stereocenters. The zero-order valence-corrected chi connectivity index (χ0v) is 11.0. The molecule has 17 heavy (non-hydrogen) atoms. The number of rotatable bonds is 3. The molecular formula is C12H22N2O3. The van der Waals surface area contributed by atoms with Crippen molar-refractivity contribution in [2.75, 3.05) is 13.1 Å². The van der Waals surface area contributed by atoms with Crippen molar-refractivity contribution in [2.24, 2.45) is 11.3 Å². The maximum atomic E-state index is 11.9. The molecule has 2 amide bonds. The zero-order chi connectivity index (χ0) is 13.2. The fourth-order valence-corrected chi connectivity index (χ4v) is 2.02. The monoisotopic (exact) mass is 242 g/mol. The standard InChI is InChI=1S/C12H22N2O3/c1-8(2)9(10(15)16)13-11(17)14-6-5-12(3,4)7-14/h8-9H,5-7H2,1-4H3,(H,13,17)(H,15,16)/t9-/m0/s1. The Hall–Kier alpha value is -1.26. The number of carboxylic acid groups (broad SMARTS) is 1. The molecule has 1 rings (SSSR count). The van der Waals surface area contributed by atoms with Crippen LogP contribution in [0.25, 0.3) is 0 Å². The number of carbonyl (C=O) groups excluding carboxylic acids is 1. The van der Waals surface area contributed by atoms with Crippen molar-refractivity contribution in [3.05, 3.63) is 0 Å². The molecule has 0 spiro atoms. The molecule has 1 fully saturated rings. The summed E-state index contributed by atoms with van der Waals surface area (Å²) in [7, 11) is 0. The molecule has 0 bridgehead atoms. The van der Waals surface area contributed by atoms with Gasteiger partial charge in [-0.2, -0.15) is 0 Å². The molecule has 1 atom stereocenters. The van der Waals surface area contributed by atoms with Gasteiger partial charge in [-0.1, -0.05) is 27.7 Å². The number of nitrogens with zero attached hydrogens (tertiary/aromatic N) is 1. The number of carboxylic acids is 1. The highest BCUT2D eigenvalue weighted by Gasteiger charge is 2.34. The van der Waals surface area contributed by atoms with Crippen molar-refractivity contribution >= 4 is 12.0 Å². The van der Waals surface area contributed by atoms with Crippen LogP contribution in [0.5, 0.6) is 0 Å². The van der Waals surface area contributed by atoms with Crippen LogP contribution in [0.4, 0.5) is 4.79 Å².